The first-order chi connectivity index (χ1) is 17.9. The SMILES string of the molecule is C[C@@H]1[C@H](CN(C)[C@H](C)c2ccc3ccccc3c2)O[C@H](c2cccc(N)c2)O[C@@H]1c1ccc(CO)cc1. The number of ether oxygens (including phenoxy) is 2. The zero-order valence-electron chi connectivity index (χ0n) is 21.7. The third-order valence-electron chi connectivity index (χ3n) is 7.69. The molecule has 192 valence electrons. The van der Waals surface area contributed by atoms with Gasteiger partial charge in [0.1, 0.15) is 0 Å². The van der Waals surface area contributed by atoms with Crippen molar-refractivity contribution in [3.05, 3.63) is 113 Å². The lowest BCUT2D eigenvalue weighted by molar-refractivity contribution is -0.276. The van der Waals surface area contributed by atoms with Crippen LogP contribution in [0.3, 0.4) is 0 Å². The second kappa shape index (κ2) is 11.0. The number of likely N-dealkylation sites (N-methyl/N-ethyl adjacent to an activating group) is 1. The molecular weight excluding hydrogens is 460 g/mol. The predicted molar refractivity (Wildman–Crippen MR) is 149 cm³/mol. The van der Waals surface area contributed by atoms with Gasteiger partial charge in [-0.3, -0.25) is 4.90 Å². The van der Waals surface area contributed by atoms with Gasteiger partial charge in [0.05, 0.1) is 18.8 Å². The number of nitrogens with two attached hydrogens (primary N) is 1. The van der Waals surface area contributed by atoms with Gasteiger partial charge in [0, 0.05) is 29.8 Å². The molecule has 0 aliphatic carbocycles. The summed E-state index contributed by atoms with van der Waals surface area (Å²) in [5, 5.41) is 12.0. The second-order valence-electron chi connectivity index (χ2n) is 10.2. The Morgan fingerprint density at radius 3 is 2.35 bits per heavy atom. The summed E-state index contributed by atoms with van der Waals surface area (Å²) in [5.41, 5.74) is 10.9. The van der Waals surface area contributed by atoms with Crippen molar-refractivity contribution in [1.82, 2.24) is 4.90 Å². The fourth-order valence-electron chi connectivity index (χ4n) is 5.20. The van der Waals surface area contributed by atoms with E-state index in [0.717, 1.165) is 23.2 Å². The van der Waals surface area contributed by atoms with E-state index in [9.17, 15) is 5.11 Å². The van der Waals surface area contributed by atoms with Crippen LogP contribution in [0.25, 0.3) is 10.8 Å². The Kier molecular flexibility index (Phi) is 7.58. The molecule has 0 aromatic heterocycles. The van der Waals surface area contributed by atoms with Crippen molar-refractivity contribution in [2.45, 2.75) is 45.0 Å². The Balaban J connectivity index is 1.40. The number of benzene rings is 4. The molecule has 4 aromatic rings. The largest absolute Gasteiger partial charge is 0.399 e. The molecule has 1 aliphatic rings. The van der Waals surface area contributed by atoms with E-state index in [-0.39, 0.29) is 30.8 Å². The lowest BCUT2D eigenvalue weighted by atomic mass is 9.89. The summed E-state index contributed by atoms with van der Waals surface area (Å²) in [6, 6.07) is 31.1. The van der Waals surface area contributed by atoms with Crippen LogP contribution in [-0.4, -0.2) is 29.7 Å². The second-order valence-corrected chi connectivity index (χ2v) is 10.2. The Hall–Kier alpha value is -3.22. The number of aliphatic hydroxyl groups is 1. The molecule has 0 bridgehead atoms. The van der Waals surface area contributed by atoms with Gasteiger partial charge in [-0.2, -0.15) is 0 Å². The summed E-state index contributed by atoms with van der Waals surface area (Å²) in [5.74, 6) is 0.114. The van der Waals surface area contributed by atoms with E-state index in [0.29, 0.717) is 5.69 Å². The van der Waals surface area contributed by atoms with Crippen molar-refractivity contribution >= 4 is 16.5 Å². The highest BCUT2D eigenvalue weighted by molar-refractivity contribution is 5.83. The van der Waals surface area contributed by atoms with Crippen LogP contribution in [0.4, 0.5) is 5.69 Å². The van der Waals surface area contributed by atoms with Gasteiger partial charge in [0.25, 0.3) is 0 Å². The van der Waals surface area contributed by atoms with Crippen LogP contribution in [0, 0.1) is 5.92 Å². The highest BCUT2D eigenvalue weighted by atomic mass is 16.7. The molecule has 5 rings (SSSR count). The molecule has 1 saturated heterocycles. The lowest BCUT2D eigenvalue weighted by Gasteiger charge is -2.43. The lowest BCUT2D eigenvalue weighted by Crippen LogP contribution is -2.44. The van der Waals surface area contributed by atoms with Crippen LogP contribution in [-0.2, 0) is 16.1 Å². The molecule has 1 heterocycles. The molecule has 0 saturated carbocycles. The Bertz CT molecular complexity index is 1340. The number of anilines is 1. The quantitative estimate of drug-likeness (QED) is 0.290. The van der Waals surface area contributed by atoms with E-state index in [1.54, 1.807) is 0 Å². The van der Waals surface area contributed by atoms with Crippen molar-refractivity contribution in [3.63, 3.8) is 0 Å². The van der Waals surface area contributed by atoms with Gasteiger partial charge in [-0.1, -0.05) is 79.7 Å². The first-order valence-electron chi connectivity index (χ1n) is 13.0. The molecule has 5 atom stereocenters. The van der Waals surface area contributed by atoms with E-state index >= 15 is 0 Å². The highest BCUT2D eigenvalue weighted by Crippen LogP contribution is 2.42. The normalized spacial score (nSPS) is 22.8. The minimum absolute atomic E-state index is 0.0243. The van der Waals surface area contributed by atoms with Crippen LogP contribution in [0.15, 0.2) is 91.0 Å². The molecule has 0 radical (unpaired) electrons. The maximum Gasteiger partial charge on any atom is 0.185 e. The fourth-order valence-corrected chi connectivity index (χ4v) is 5.20. The number of aliphatic hydroxyl groups excluding tert-OH is 1. The Labute approximate surface area is 219 Å². The monoisotopic (exact) mass is 496 g/mol. The first-order valence-corrected chi connectivity index (χ1v) is 13.0. The summed E-state index contributed by atoms with van der Waals surface area (Å²) in [4.78, 5) is 2.36. The molecule has 1 aliphatic heterocycles. The van der Waals surface area contributed by atoms with Crippen molar-refractivity contribution in [2.75, 3.05) is 19.3 Å². The summed E-state index contributed by atoms with van der Waals surface area (Å²) >= 11 is 0. The van der Waals surface area contributed by atoms with E-state index in [1.165, 1.54) is 16.3 Å². The summed E-state index contributed by atoms with van der Waals surface area (Å²) in [7, 11) is 2.16. The average molecular weight is 497 g/mol. The topological polar surface area (TPSA) is 68.0 Å². The van der Waals surface area contributed by atoms with Crippen LogP contribution in [0.2, 0.25) is 0 Å². The molecule has 37 heavy (non-hydrogen) atoms. The number of hydrogen-bond acceptors (Lipinski definition) is 5. The molecule has 5 nitrogen and oxygen atoms in total. The van der Waals surface area contributed by atoms with Gasteiger partial charge >= 0.3 is 0 Å². The number of nitrogen functional groups attached to an aromatic ring is 1. The average Bonchev–Trinajstić information content (AvgIpc) is 2.93. The number of nitrogens with zero attached hydrogens (tertiary/aromatic N) is 1. The smallest absolute Gasteiger partial charge is 0.185 e. The summed E-state index contributed by atoms with van der Waals surface area (Å²) in [6.07, 6.45) is -0.727. The molecule has 0 amide bonds. The van der Waals surface area contributed by atoms with Gasteiger partial charge in [-0.15, -0.1) is 0 Å². The highest BCUT2D eigenvalue weighted by Gasteiger charge is 2.39. The molecule has 3 N–H and O–H groups in total. The van der Waals surface area contributed by atoms with Crippen LogP contribution >= 0.6 is 0 Å². The minimum Gasteiger partial charge on any atom is -0.399 e. The zero-order chi connectivity index (χ0) is 25.9. The van der Waals surface area contributed by atoms with Gasteiger partial charge in [0.2, 0.25) is 0 Å². The van der Waals surface area contributed by atoms with E-state index in [1.807, 2.05) is 48.5 Å². The number of hydrogen-bond donors (Lipinski definition) is 2. The van der Waals surface area contributed by atoms with Gasteiger partial charge < -0.3 is 20.3 Å². The summed E-state index contributed by atoms with van der Waals surface area (Å²) < 4.78 is 13.1. The molecular formula is C32H36N2O3. The van der Waals surface area contributed by atoms with Gasteiger partial charge in [-0.25, -0.2) is 0 Å². The van der Waals surface area contributed by atoms with Crippen molar-refractivity contribution in [1.29, 1.82) is 0 Å². The fraction of sp³-hybridized carbons (Fsp3) is 0.312. The first kappa shape index (κ1) is 25.4. The van der Waals surface area contributed by atoms with E-state index in [4.69, 9.17) is 15.2 Å². The predicted octanol–water partition coefficient (Wildman–Crippen LogP) is 6.40. The van der Waals surface area contributed by atoms with E-state index < -0.39 is 6.29 Å². The minimum atomic E-state index is -0.517. The van der Waals surface area contributed by atoms with Crippen molar-refractivity contribution in [3.8, 4) is 0 Å². The maximum atomic E-state index is 9.48. The van der Waals surface area contributed by atoms with Gasteiger partial charge in [-0.05, 0) is 59.6 Å². The zero-order valence-corrected chi connectivity index (χ0v) is 21.7. The van der Waals surface area contributed by atoms with E-state index in [2.05, 4.69) is 68.3 Å². The van der Waals surface area contributed by atoms with Gasteiger partial charge in [0.15, 0.2) is 6.29 Å². The van der Waals surface area contributed by atoms with Crippen molar-refractivity contribution in [2.24, 2.45) is 5.92 Å². The third-order valence-corrected chi connectivity index (χ3v) is 7.69. The Morgan fingerprint density at radius 1 is 0.865 bits per heavy atom. The van der Waals surface area contributed by atoms with Crippen LogP contribution in [0.5, 0.6) is 0 Å². The Morgan fingerprint density at radius 2 is 1.62 bits per heavy atom. The standard InChI is InChI=1S/C32H36N2O3/c1-21-30(19-34(3)22(2)26-16-15-24-7-4-5-8-27(24)17-26)36-32(28-9-6-10-29(33)18-28)37-31(21)25-13-11-23(20-35)12-14-25/h4-18,21-22,30-32,35H,19-20,33H2,1-3H3/t21-,22-,30+,31+,32+/m1/s1. The molecule has 4 aromatic carbocycles. The molecule has 0 spiro atoms. The number of fused-ring (bicyclic) bond motifs is 1. The van der Waals surface area contributed by atoms with Crippen LogP contribution < -0.4 is 5.73 Å². The van der Waals surface area contributed by atoms with Crippen molar-refractivity contribution < 1.29 is 14.6 Å². The van der Waals surface area contributed by atoms with Crippen LogP contribution in [0.1, 0.15) is 54.5 Å². The number of rotatable bonds is 7. The summed E-state index contributed by atoms with van der Waals surface area (Å²) in [6.45, 7) is 5.22. The molecule has 0 unspecified atom stereocenters. The maximum absolute atomic E-state index is 9.48. The molecule has 5 heteroatoms. The third kappa shape index (κ3) is 5.55. The molecule has 1 fully saturated rings.